The zero-order valence-corrected chi connectivity index (χ0v) is 16.9. The van der Waals surface area contributed by atoms with E-state index >= 15 is 0 Å². The highest BCUT2D eigenvalue weighted by Crippen LogP contribution is 2.46. The molecule has 0 N–H and O–H groups in total. The van der Waals surface area contributed by atoms with Gasteiger partial charge in [-0.2, -0.15) is 13.2 Å². The quantitative estimate of drug-likeness (QED) is 0.656. The molecule has 4 nitrogen and oxygen atoms in total. The molecule has 1 amide bonds. The van der Waals surface area contributed by atoms with E-state index in [-0.39, 0.29) is 17.5 Å². The molecule has 0 saturated carbocycles. The molecule has 0 aromatic heterocycles. The molecule has 30 heavy (non-hydrogen) atoms. The topological polar surface area (TPSA) is 46.6 Å². The van der Waals surface area contributed by atoms with Gasteiger partial charge in [-0.1, -0.05) is 29.8 Å². The maximum absolute atomic E-state index is 13.3. The number of nitrogens with zero attached hydrogens (tertiary/aromatic N) is 1. The van der Waals surface area contributed by atoms with Gasteiger partial charge in [-0.05, 0) is 54.2 Å². The van der Waals surface area contributed by atoms with E-state index < -0.39 is 23.1 Å². The molecule has 1 fully saturated rings. The number of amides is 1. The Balaban J connectivity index is 1.54. The van der Waals surface area contributed by atoms with Crippen LogP contribution in [0.5, 0.6) is 0 Å². The second-order valence-corrected chi connectivity index (χ2v) is 8.26. The number of carbonyl (C=O) groups is 2. The Morgan fingerprint density at radius 3 is 2.67 bits per heavy atom. The van der Waals surface area contributed by atoms with E-state index in [0.29, 0.717) is 36.9 Å². The summed E-state index contributed by atoms with van der Waals surface area (Å²) in [6, 6.07) is 8.97. The molecule has 1 aliphatic carbocycles. The third kappa shape index (κ3) is 3.45. The molecule has 8 heteroatoms. The first-order valence-corrected chi connectivity index (χ1v) is 9.86. The molecule has 1 saturated heterocycles. The Labute approximate surface area is 176 Å². The van der Waals surface area contributed by atoms with Crippen molar-refractivity contribution in [2.45, 2.75) is 32.0 Å². The fraction of sp³-hybridized carbons (Fsp3) is 0.364. The van der Waals surface area contributed by atoms with Crippen LogP contribution in [0.4, 0.5) is 13.2 Å². The van der Waals surface area contributed by atoms with Crippen molar-refractivity contribution in [3.05, 3.63) is 69.2 Å². The molecule has 4 rings (SSSR count). The fourth-order valence-corrected chi connectivity index (χ4v) is 4.86. The van der Waals surface area contributed by atoms with Gasteiger partial charge < -0.3 is 9.64 Å². The summed E-state index contributed by atoms with van der Waals surface area (Å²) in [4.78, 5) is 27.0. The molecule has 2 aliphatic rings. The number of esters is 1. The summed E-state index contributed by atoms with van der Waals surface area (Å²) in [5.74, 6) is -0.476. The predicted molar refractivity (Wildman–Crippen MR) is 104 cm³/mol. The van der Waals surface area contributed by atoms with E-state index in [1.54, 1.807) is 17.0 Å². The number of hydrogen-bond donors (Lipinski definition) is 0. The fourth-order valence-electron chi connectivity index (χ4n) is 4.55. The van der Waals surface area contributed by atoms with Gasteiger partial charge in [0.25, 0.3) is 0 Å². The van der Waals surface area contributed by atoms with Crippen LogP contribution in [0, 0.1) is 5.41 Å². The normalized spacial score (nSPS) is 20.7. The molecular weight excluding hydrogens is 419 g/mol. The average molecular weight is 438 g/mol. The summed E-state index contributed by atoms with van der Waals surface area (Å²) < 4.78 is 43.6. The minimum absolute atomic E-state index is 0.0504. The number of carbonyl (C=O) groups excluding carboxylic acids is 2. The number of hydrogen-bond acceptors (Lipinski definition) is 3. The number of fused-ring (bicyclic) bond motifs is 1. The van der Waals surface area contributed by atoms with Gasteiger partial charge in [0.2, 0.25) is 5.91 Å². The summed E-state index contributed by atoms with van der Waals surface area (Å²) in [6.07, 6.45) is -2.90. The van der Waals surface area contributed by atoms with Crippen LogP contribution in [0.3, 0.4) is 0 Å². The predicted octanol–water partition coefficient (Wildman–Crippen LogP) is 4.66. The third-order valence-corrected chi connectivity index (χ3v) is 6.35. The van der Waals surface area contributed by atoms with Gasteiger partial charge in [-0.15, -0.1) is 0 Å². The van der Waals surface area contributed by atoms with Gasteiger partial charge >= 0.3 is 12.1 Å². The maximum atomic E-state index is 13.3. The van der Waals surface area contributed by atoms with Crippen molar-refractivity contribution < 1.29 is 27.5 Å². The molecule has 2 aromatic carbocycles. The summed E-state index contributed by atoms with van der Waals surface area (Å²) in [5, 5.41) is -0.377. The highest BCUT2D eigenvalue weighted by molar-refractivity contribution is 6.31. The van der Waals surface area contributed by atoms with Crippen molar-refractivity contribution in [1.82, 2.24) is 4.90 Å². The van der Waals surface area contributed by atoms with E-state index in [4.69, 9.17) is 16.3 Å². The van der Waals surface area contributed by atoms with Crippen molar-refractivity contribution in [3.63, 3.8) is 0 Å². The van der Waals surface area contributed by atoms with E-state index in [1.807, 2.05) is 6.07 Å². The molecule has 0 bridgehead atoms. The summed E-state index contributed by atoms with van der Waals surface area (Å²) in [6.45, 7) is 0.692. The molecule has 1 spiro atoms. The first kappa shape index (κ1) is 20.7. The number of likely N-dealkylation sites (tertiary alicyclic amines) is 1. The van der Waals surface area contributed by atoms with Crippen molar-refractivity contribution in [2.24, 2.45) is 5.41 Å². The molecule has 2 aromatic rings. The van der Waals surface area contributed by atoms with Crippen molar-refractivity contribution in [1.29, 1.82) is 0 Å². The molecule has 1 aliphatic heterocycles. The van der Waals surface area contributed by atoms with Gasteiger partial charge in [-0.3, -0.25) is 4.79 Å². The van der Waals surface area contributed by atoms with Gasteiger partial charge in [0.05, 0.1) is 28.7 Å². The Hall–Kier alpha value is -2.54. The van der Waals surface area contributed by atoms with Crippen molar-refractivity contribution in [3.8, 4) is 0 Å². The zero-order valence-electron chi connectivity index (χ0n) is 16.2. The van der Waals surface area contributed by atoms with E-state index in [9.17, 15) is 22.8 Å². The number of ether oxygens (including phenoxy) is 1. The highest BCUT2D eigenvalue weighted by Gasteiger charge is 2.50. The van der Waals surface area contributed by atoms with Crippen LogP contribution < -0.4 is 0 Å². The molecule has 158 valence electrons. The first-order valence-electron chi connectivity index (χ1n) is 9.49. The van der Waals surface area contributed by atoms with E-state index in [1.165, 1.54) is 19.2 Å². The smallest absolute Gasteiger partial charge is 0.417 e. The van der Waals surface area contributed by atoms with Gasteiger partial charge in [0.1, 0.15) is 0 Å². The van der Waals surface area contributed by atoms with Crippen LogP contribution in [0.25, 0.3) is 0 Å². The van der Waals surface area contributed by atoms with Crippen LogP contribution >= 0.6 is 11.6 Å². The molecule has 1 unspecified atom stereocenters. The number of alkyl halides is 3. The lowest BCUT2D eigenvalue weighted by Crippen LogP contribution is -2.35. The number of methoxy groups -OCH3 is 1. The number of rotatable bonds is 3. The van der Waals surface area contributed by atoms with Crippen LogP contribution in [-0.2, 0) is 35.1 Å². The lowest BCUT2D eigenvalue weighted by atomic mass is 9.83. The molecular formula is C22H19ClF3NO3. The monoisotopic (exact) mass is 437 g/mol. The molecule has 0 radical (unpaired) electrons. The Morgan fingerprint density at radius 1 is 1.23 bits per heavy atom. The number of halogens is 4. The van der Waals surface area contributed by atoms with Crippen LogP contribution in [0.2, 0.25) is 5.02 Å². The SMILES string of the molecule is COC(=O)c1cccc2c1CC1(CCN(Cc3ccc(C(F)(F)F)c(Cl)c3)C1=O)C2. The molecule has 1 atom stereocenters. The zero-order chi connectivity index (χ0) is 21.7. The van der Waals surface area contributed by atoms with E-state index in [0.717, 1.165) is 17.2 Å². The minimum Gasteiger partial charge on any atom is -0.465 e. The summed E-state index contributed by atoms with van der Waals surface area (Å²) >= 11 is 5.81. The Kier molecular flexibility index (Phi) is 5.04. The Bertz CT molecular complexity index is 1040. The van der Waals surface area contributed by atoms with Gasteiger partial charge in [0.15, 0.2) is 0 Å². The van der Waals surface area contributed by atoms with Gasteiger partial charge in [-0.25, -0.2) is 4.79 Å². The lowest BCUT2D eigenvalue weighted by molar-refractivity contribution is -0.138. The average Bonchev–Trinajstić information content (AvgIpc) is 3.21. The standard InChI is InChI=1S/C22H19ClF3NO3/c1-30-19(28)15-4-2-3-14-10-21(11-16(14)15)7-8-27(20(21)29)12-13-5-6-17(18(23)9-13)22(24,25)26/h2-6,9H,7-8,10-12H2,1H3. The second kappa shape index (κ2) is 7.30. The van der Waals surface area contributed by atoms with Crippen molar-refractivity contribution >= 4 is 23.5 Å². The lowest BCUT2D eigenvalue weighted by Gasteiger charge is -2.23. The summed E-state index contributed by atoms with van der Waals surface area (Å²) in [7, 11) is 1.32. The van der Waals surface area contributed by atoms with Crippen LogP contribution in [-0.4, -0.2) is 30.4 Å². The number of benzene rings is 2. The van der Waals surface area contributed by atoms with Crippen molar-refractivity contribution in [2.75, 3.05) is 13.7 Å². The van der Waals surface area contributed by atoms with E-state index in [2.05, 4.69) is 0 Å². The van der Waals surface area contributed by atoms with Gasteiger partial charge in [0, 0.05) is 13.1 Å². The highest BCUT2D eigenvalue weighted by atomic mass is 35.5. The first-order chi connectivity index (χ1) is 14.1. The van der Waals surface area contributed by atoms with Crippen LogP contribution in [0.15, 0.2) is 36.4 Å². The minimum atomic E-state index is -4.52. The Morgan fingerprint density at radius 2 is 2.00 bits per heavy atom. The second-order valence-electron chi connectivity index (χ2n) is 7.86. The largest absolute Gasteiger partial charge is 0.465 e. The molecule has 1 heterocycles. The third-order valence-electron chi connectivity index (χ3n) is 6.04. The maximum Gasteiger partial charge on any atom is 0.417 e. The van der Waals surface area contributed by atoms with Crippen LogP contribution in [0.1, 0.15) is 39.0 Å². The summed E-state index contributed by atoms with van der Waals surface area (Å²) in [5.41, 5.74) is 1.32.